The number of alkyl halides is 1. The van der Waals surface area contributed by atoms with Crippen molar-refractivity contribution in [1.82, 2.24) is 0 Å². The highest BCUT2D eigenvalue weighted by Crippen LogP contribution is 2.34. The average Bonchev–Trinajstić information content (AvgIpc) is 2.70. The Hall–Kier alpha value is -1.79. The minimum atomic E-state index is -0.884. The SMILES string of the molecule is Cc1cc(C(C)(C)c2ccc(OC[C@H](O)CO)cc2)ccc1OC[C@@H](O)CCl. The van der Waals surface area contributed by atoms with Crippen LogP contribution in [0.5, 0.6) is 11.5 Å². The fourth-order valence-corrected chi connectivity index (χ4v) is 2.90. The summed E-state index contributed by atoms with van der Waals surface area (Å²) in [5.74, 6) is 1.52. The maximum absolute atomic E-state index is 9.55. The molecule has 3 N–H and O–H groups in total. The summed E-state index contributed by atoms with van der Waals surface area (Å²) in [6.07, 6.45) is -1.57. The molecule has 28 heavy (non-hydrogen) atoms. The Morgan fingerprint density at radius 2 is 1.54 bits per heavy atom. The molecule has 0 aliphatic carbocycles. The van der Waals surface area contributed by atoms with Gasteiger partial charge in [0.2, 0.25) is 0 Å². The van der Waals surface area contributed by atoms with Gasteiger partial charge < -0.3 is 24.8 Å². The second-order valence-electron chi connectivity index (χ2n) is 7.40. The molecule has 6 heteroatoms. The van der Waals surface area contributed by atoms with Crippen molar-refractivity contribution in [2.24, 2.45) is 0 Å². The summed E-state index contributed by atoms with van der Waals surface area (Å²) in [7, 11) is 0. The Morgan fingerprint density at radius 1 is 0.929 bits per heavy atom. The summed E-state index contributed by atoms with van der Waals surface area (Å²) >= 11 is 5.60. The fourth-order valence-electron chi connectivity index (χ4n) is 2.81. The first kappa shape index (κ1) is 22.5. The molecule has 0 amide bonds. The van der Waals surface area contributed by atoms with Gasteiger partial charge in [-0.25, -0.2) is 0 Å². The van der Waals surface area contributed by atoms with Gasteiger partial charge in [0.15, 0.2) is 0 Å². The molecular weight excluding hydrogens is 380 g/mol. The molecule has 0 heterocycles. The van der Waals surface area contributed by atoms with Gasteiger partial charge in [0.05, 0.1) is 12.5 Å². The first-order valence-corrected chi connectivity index (χ1v) is 9.81. The van der Waals surface area contributed by atoms with Crippen molar-refractivity contribution in [3.8, 4) is 11.5 Å². The predicted octanol–water partition coefficient (Wildman–Crippen LogP) is 3.03. The van der Waals surface area contributed by atoms with Crippen molar-refractivity contribution in [2.75, 3.05) is 25.7 Å². The number of rotatable bonds is 10. The Bertz CT molecular complexity index is 745. The Labute approximate surface area is 171 Å². The van der Waals surface area contributed by atoms with E-state index in [0.29, 0.717) is 5.75 Å². The number of hydrogen-bond donors (Lipinski definition) is 3. The molecule has 0 fully saturated rings. The van der Waals surface area contributed by atoms with E-state index < -0.39 is 12.2 Å². The smallest absolute Gasteiger partial charge is 0.122 e. The zero-order chi connectivity index (χ0) is 20.7. The maximum Gasteiger partial charge on any atom is 0.122 e. The van der Waals surface area contributed by atoms with E-state index in [9.17, 15) is 10.2 Å². The van der Waals surface area contributed by atoms with E-state index in [0.717, 1.165) is 22.4 Å². The third kappa shape index (κ3) is 5.85. The van der Waals surface area contributed by atoms with E-state index in [1.807, 2.05) is 43.3 Å². The zero-order valence-electron chi connectivity index (χ0n) is 16.6. The molecule has 0 spiro atoms. The normalized spacial score (nSPS) is 13.8. The van der Waals surface area contributed by atoms with Crippen LogP contribution in [-0.2, 0) is 5.41 Å². The van der Waals surface area contributed by atoms with Gasteiger partial charge in [-0.15, -0.1) is 11.6 Å². The minimum Gasteiger partial charge on any atom is -0.491 e. The van der Waals surface area contributed by atoms with E-state index in [1.54, 1.807) is 0 Å². The van der Waals surface area contributed by atoms with Crippen LogP contribution in [0.15, 0.2) is 42.5 Å². The molecule has 2 atom stereocenters. The number of aliphatic hydroxyl groups is 3. The molecule has 0 radical (unpaired) electrons. The molecular formula is C22H29ClO5. The third-order valence-corrected chi connectivity index (χ3v) is 5.09. The molecule has 0 saturated carbocycles. The highest BCUT2D eigenvalue weighted by atomic mass is 35.5. The molecule has 0 aromatic heterocycles. The number of aryl methyl sites for hydroxylation is 1. The van der Waals surface area contributed by atoms with E-state index in [-0.39, 0.29) is 31.1 Å². The predicted molar refractivity (Wildman–Crippen MR) is 111 cm³/mol. The second kappa shape index (κ2) is 10.1. The van der Waals surface area contributed by atoms with Gasteiger partial charge in [0.25, 0.3) is 0 Å². The number of benzene rings is 2. The molecule has 5 nitrogen and oxygen atoms in total. The van der Waals surface area contributed by atoms with E-state index >= 15 is 0 Å². The van der Waals surface area contributed by atoms with Crippen LogP contribution in [0.4, 0.5) is 0 Å². The van der Waals surface area contributed by atoms with Crippen LogP contribution in [0.25, 0.3) is 0 Å². The first-order valence-electron chi connectivity index (χ1n) is 9.28. The lowest BCUT2D eigenvalue weighted by Crippen LogP contribution is -2.22. The Morgan fingerprint density at radius 3 is 2.11 bits per heavy atom. The van der Waals surface area contributed by atoms with Gasteiger partial charge in [0.1, 0.15) is 36.9 Å². The summed E-state index contributed by atoms with van der Waals surface area (Å²) in [5, 5.41) is 27.8. The molecule has 0 aliphatic rings. The third-order valence-electron chi connectivity index (χ3n) is 4.74. The molecule has 2 aromatic carbocycles. The summed E-state index contributed by atoms with van der Waals surface area (Å²) in [5.41, 5.74) is 3.01. The van der Waals surface area contributed by atoms with Crippen molar-refractivity contribution in [3.05, 3.63) is 59.2 Å². The van der Waals surface area contributed by atoms with Crippen molar-refractivity contribution in [1.29, 1.82) is 0 Å². The molecule has 0 bridgehead atoms. The lowest BCUT2D eigenvalue weighted by molar-refractivity contribution is 0.0536. The van der Waals surface area contributed by atoms with Gasteiger partial charge in [-0.05, 0) is 41.8 Å². The summed E-state index contributed by atoms with van der Waals surface area (Å²) in [6, 6.07) is 13.7. The number of hydrogen-bond acceptors (Lipinski definition) is 5. The summed E-state index contributed by atoms with van der Waals surface area (Å²) < 4.78 is 11.1. The quantitative estimate of drug-likeness (QED) is 0.526. The maximum atomic E-state index is 9.55. The van der Waals surface area contributed by atoms with E-state index in [2.05, 4.69) is 19.9 Å². The Balaban J connectivity index is 2.11. The topological polar surface area (TPSA) is 79.2 Å². The van der Waals surface area contributed by atoms with E-state index in [1.165, 1.54) is 0 Å². The van der Waals surface area contributed by atoms with Crippen LogP contribution >= 0.6 is 11.6 Å². The number of aliphatic hydroxyl groups excluding tert-OH is 3. The van der Waals surface area contributed by atoms with Crippen molar-refractivity contribution in [2.45, 2.75) is 38.4 Å². The molecule has 2 rings (SSSR count). The standard InChI is InChI=1S/C22H29ClO5/c1-15-10-17(6-9-21(15)28-13-18(25)11-23)22(2,3)16-4-7-20(8-5-16)27-14-19(26)12-24/h4-10,18-19,24-26H,11-14H2,1-3H3/t18-,19+/m0/s1. The highest BCUT2D eigenvalue weighted by Gasteiger charge is 2.24. The van der Waals surface area contributed by atoms with Gasteiger partial charge in [-0.2, -0.15) is 0 Å². The number of halogens is 1. The minimum absolute atomic E-state index is 0.0539. The molecule has 2 aromatic rings. The zero-order valence-corrected chi connectivity index (χ0v) is 17.3. The van der Waals surface area contributed by atoms with Crippen molar-refractivity contribution in [3.63, 3.8) is 0 Å². The highest BCUT2D eigenvalue weighted by molar-refractivity contribution is 6.18. The van der Waals surface area contributed by atoms with Crippen LogP contribution in [0, 0.1) is 6.92 Å². The van der Waals surface area contributed by atoms with Gasteiger partial charge in [-0.1, -0.05) is 38.1 Å². The molecule has 154 valence electrons. The molecule has 0 unspecified atom stereocenters. The molecule has 0 aliphatic heterocycles. The van der Waals surface area contributed by atoms with Crippen molar-refractivity contribution < 1.29 is 24.8 Å². The van der Waals surface area contributed by atoms with Crippen LogP contribution in [0.3, 0.4) is 0 Å². The van der Waals surface area contributed by atoms with Gasteiger partial charge in [-0.3, -0.25) is 0 Å². The second-order valence-corrected chi connectivity index (χ2v) is 7.70. The van der Waals surface area contributed by atoms with Crippen LogP contribution in [0.1, 0.15) is 30.5 Å². The monoisotopic (exact) mass is 408 g/mol. The van der Waals surface area contributed by atoms with Gasteiger partial charge >= 0.3 is 0 Å². The average molecular weight is 409 g/mol. The van der Waals surface area contributed by atoms with Gasteiger partial charge in [0, 0.05) is 5.41 Å². The summed E-state index contributed by atoms with van der Waals surface area (Å²) in [4.78, 5) is 0. The lowest BCUT2D eigenvalue weighted by atomic mass is 9.77. The fraction of sp³-hybridized carbons (Fsp3) is 0.455. The first-order chi connectivity index (χ1) is 13.3. The Kier molecular flexibility index (Phi) is 8.13. The number of ether oxygens (including phenoxy) is 2. The molecule has 0 saturated heterocycles. The van der Waals surface area contributed by atoms with Crippen LogP contribution in [-0.4, -0.2) is 53.2 Å². The largest absolute Gasteiger partial charge is 0.491 e. The van der Waals surface area contributed by atoms with Crippen LogP contribution < -0.4 is 9.47 Å². The lowest BCUT2D eigenvalue weighted by Gasteiger charge is -2.27. The van der Waals surface area contributed by atoms with Crippen LogP contribution in [0.2, 0.25) is 0 Å². The van der Waals surface area contributed by atoms with E-state index in [4.69, 9.17) is 26.2 Å². The van der Waals surface area contributed by atoms with Crippen molar-refractivity contribution >= 4 is 11.6 Å². The summed E-state index contributed by atoms with van der Waals surface area (Å²) in [6.45, 7) is 6.16.